The van der Waals surface area contributed by atoms with Gasteiger partial charge in [-0.1, -0.05) is 11.6 Å². The molecule has 0 aliphatic heterocycles. The van der Waals surface area contributed by atoms with Gasteiger partial charge in [0.25, 0.3) is 5.91 Å². The number of ether oxygens (including phenoxy) is 1. The molecule has 114 valence electrons. The molecule has 22 heavy (non-hydrogen) atoms. The van der Waals surface area contributed by atoms with Crippen LogP contribution in [0.3, 0.4) is 0 Å². The fraction of sp³-hybridized carbons (Fsp3) is 0.133. The Hall–Kier alpha value is -2.60. The van der Waals surface area contributed by atoms with E-state index in [1.54, 1.807) is 24.3 Å². The number of nitrogens with one attached hydrogen (secondary N) is 2. The van der Waals surface area contributed by atoms with Gasteiger partial charge in [-0.3, -0.25) is 9.59 Å². The highest BCUT2D eigenvalue weighted by molar-refractivity contribution is 6.29. The van der Waals surface area contributed by atoms with Gasteiger partial charge in [-0.2, -0.15) is 0 Å². The van der Waals surface area contributed by atoms with Gasteiger partial charge in [0.2, 0.25) is 5.91 Å². The summed E-state index contributed by atoms with van der Waals surface area (Å²) in [5, 5.41) is 5.66. The first-order valence-electron chi connectivity index (χ1n) is 6.38. The summed E-state index contributed by atoms with van der Waals surface area (Å²) in [4.78, 5) is 27.2. The Kier molecular flexibility index (Phi) is 4.95. The van der Waals surface area contributed by atoms with Crippen LogP contribution in [0.4, 0.5) is 11.4 Å². The van der Waals surface area contributed by atoms with Crippen LogP contribution in [0.1, 0.15) is 17.3 Å². The summed E-state index contributed by atoms with van der Waals surface area (Å²) in [6, 6.07) is 8.04. The number of halogens is 1. The molecule has 1 heterocycles. The summed E-state index contributed by atoms with van der Waals surface area (Å²) in [6.45, 7) is 1.40. The number of aromatic nitrogens is 1. The molecule has 0 atom stereocenters. The maximum absolute atomic E-state index is 12.2. The van der Waals surface area contributed by atoms with Crippen molar-refractivity contribution in [3.05, 3.63) is 47.2 Å². The molecule has 1 aromatic heterocycles. The van der Waals surface area contributed by atoms with E-state index in [0.29, 0.717) is 27.8 Å². The third-order valence-electron chi connectivity index (χ3n) is 2.76. The number of benzene rings is 1. The van der Waals surface area contributed by atoms with Crippen LogP contribution in [0.25, 0.3) is 0 Å². The van der Waals surface area contributed by atoms with Crippen LogP contribution in [0.5, 0.6) is 5.75 Å². The quantitative estimate of drug-likeness (QED) is 0.849. The molecule has 0 aliphatic rings. The number of rotatable bonds is 4. The lowest BCUT2D eigenvalue weighted by atomic mass is 10.2. The van der Waals surface area contributed by atoms with E-state index in [9.17, 15) is 9.59 Å². The van der Waals surface area contributed by atoms with Crippen molar-refractivity contribution < 1.29 is 14.3 Å². The lowest BCUT2D eigenvalue weighted by Gasteiger charge is -2.12. The van der Waals surface area contributed by atoms with E-state index >= 15 is 0 Å². The standard InChI is InChI=1S/C15H14ClN3O3/c1-9(20)18-11-4-5-13(22-2)12(7-11)19-15(21)10-3-6-14(16)17-8-10/h3-8H,1-2H3,(H,18,20)(H,19,21). The molecule has 0 spiro atoms. The van der Waals surface area contributed by atoms with E-state index in [4.69, 9.17) is 16.3 Å². The highest BCUT2D eigenvalue weighted by Gasteiger charge is 2.11. The molecule has 0 bridgehead atoms. The third-order valence-corrected chi connectivity index (χ3v) is 2.98. The van der Waals surface area contributed by atoms with E-state index in [1.807, 2.05) is 0 Å². The van der Waals surface area contributed by atoms with Crippen LogP contribution in [0.2, 0.25) is 5.15 Å². The SMILES string of the molecule is COc1ccc(NC(C)=O)cc1NC(=O)c1ccc(Cl)nc1. The van der Waals surface area contributed by atoms with Crippen molar-refractivity contribution in [3.63, 3.8) is 0 Å². The first-order chi connectivity index (χ1) is 10.5. The van der Waals surface area contributed by atoms with Crippen molar-refractivity contribution in [2.24, 2.45) is 0 Å². The van der Waals surface area contributed by atoms with Gasteiger partial charge < -0.3 is 15.4 Å². The lowest BCUT2D eigenvalue weighted by molar-refractivity contribution is -0.114. The number of nitrogens with zero attached hydrogens (tertiary/aromatic N) is 1. The summed E-state index contributed by atoms with van der Waals surface area (Å²) in [7, 11) is 1.49. The van der Waals surface area contributed by atoms with Crippen molar-refractivity contribution in [2.75, 3.05) is 17.7 Å². The third kappa shape index (κ3) is 3.95. The smallest absolute Gasteiger partial charge is 0.257 e. The molecule has 0 fully saturated rings. The molecular formula is C15H14ClN3O3. The minimum atomic E-state index is -0.359. The first-order valence-corrected chi connectivity index (χ1v) is 6.76. The van der Waals surface area contributed by atoms with Crippen LogP contribution < -0.4 is 15.4 Å². The maximum atomic E-state index is 12.2. The highest BCUT2D eigenvalue weighted by atomic mass is 35.5. The van der Waals surface area contributed by atoms with Crippen molar-refractivity contribution >= 4 is 34.8 Å². The fourth-order valence-electron chi connectivity index (χ4n) is 1.79. The van der Waals surface area contributed by atoms with E-state index < -0.39 is 0 Å². The molecule has 0 saturated carbocycles. The molecule has 7 heteroatoms. The molecule has 2 rings (SSSR count). The molecule has 2 amide bonds. The largest absolute Gasteiger partial charge is 0.495 e. The monoisotopic (exact) mass is 319 g/mol. The zero-order chi connectivity index (χ0) is 16.1. The Morgan fingerprint density at radius 1 is 1.18 bits per heavy atom. The summed E-state index contributed by atoms with van der Waals surface area (Å²) < 4.78 is 5.20. The van der Waals surface area contributed by atoms with Crippen LogP contribution >= 0.6 is 11.6 Å². The van der Waals surface area contributed by atoms with Crippen molar-refractivity contribution in [2.45, 2.75) is 6.92 Å². The summed E-state index contributed by atoms with van der Waals surface area (Å²) in [6.07, 6.45) is 1.38. The zero-order valence-electron chi connectivity index (χ0n) is 12.0. The molecule has 0 radical (unpaired) electrons. The van der Waals surface area contributed by atoms with E-state index in [-0.39, 0.29) is 11.8 Å². The van der Waals surface area contributed by atoms with Gasteiger partial charge in [0.1, 0.15) is 10.9 Å². The molecule has 6 nitrogen and oxygen atoms in total. The minimum absolute atomic E-state index is 0.204. The first kappa shape index (κ1) is 15.8. The number of anilines is 2. The average molecular weight is 320 g/mol. The second-order valence-electron chi connectivity index (χ2n) is 4.42. The van der Waals surface area contributed by atoms with Gasteiger partial charge in [-0.05, 0) is 30.3 Å². The topological polar surface area (TPSA) is 80.3 Å². The molecule has 0 aliphatic carbocycles. The number of hydrogen-bond donors (Lipinski definition) is 2. The predicted octanol–water partition coefficient (Wildman–Crippen LogP) is 2.95. The number of pyridine rings is 1. The number of carbonyl (C=O) groups excluding carboxylic acids is 2. The number of carbonyl (C=O) groups is 2. The van der Waals surface area contributed by atoms with Crippen molar-refractivity contribution in [1.29, 1.82) is 0 Å². The van der Waals surface area contributed by atoms with Gasteiger partial charge >= 0.3 is 0 Å². The Balaban J connectivity index is 2.24. The maximum Gasteiger partial charge on any atom is 0.257 e. The van der Waals surface area contributed by atoms with Gasteiger partial charge in [0.05, 0.1) is 18.4 Å². The van der Waals surface area contributed by atoms with Crippen LogP contribution in [-0.4, -0.2) is 23.9 Å². The van der Waals surface area contributed by atoms with Gasteiger partial charge in [0, 0.05) is 18.8 Å². The Bertz CT molecular complexity index is 702. The Morgan fingerprint density at radius 3 is 2.55 bits per heavy atom. The second kappa shape index (κ2) is 6.91. The summed E-state index contributed by atoms with van der Waals surface area (Å²) >= 11 is 5.69. The number of hydrogen-bond acceptors (Lipinski definition) is 4. The van der Waals surface area contributed by atoms with Gasteiger partial charge in [-0.25, -0.2) is 4.98 Å². The highest BCUT2D eigenvalue weighted by Crippen LogP contribution is 2.28. The van der Waals surface area contributed by atoms with E-state index in [0.717, 1.165) is 0 Å². The molecule has 0 saturated heterocycles. The predicted molar refractivity (Wildman–Crippen MR) is 84.5 cm³/mol. The van der Waals surface area contributed by atoms with E-state index in [2.05, 4.69) is 15.6 Å². The molecule has 0 unspecified atom stereocenters. The average Bonchev–Trinajstić information content (AvgIpc) is 2.47. The van der Waals surface area contributed by atoms with Gasteiger partial charge in [-0.15, -0.1) is 0 Å². The summed E-state index contributed by atoms with van der Waals surface area (Å²) in [5.41, 5.74) is 1.35. The second-order valence-corrected chi connectivity index (χ2v) is 4.81. The zero-order valence-corrected chi connectivity index (χ0v) is 12.8. The molecule has 2 aromatic rings. The van der Waals surface area contributed by atoms with Crippen molar-refractivity contribution in [3.8, 4) is 5.75 Å². The lowest BCUT2D eigenvalue weighted by Crippen LogP contribution is -2.13. The normalized spacial score (nSPS) is 9.95. The molecule has 1 aromatic carbocycles. The molecule has 2 N–H and O–H groups in total. The number of methoxy groups -OCH3 is 1. The van der Waals surface area contributed by atoms with Crippen LogP contribution in [-0.2, 0) is 4.79 Å². The minimum Gasteiger partial charge on any atom is -0.495 e. The Morgan fingerprint density at radius 2 is 1.95 bits per heavy atom. The Labute approximate surface area is 132 Å². The fourth-order valence-corrected chi connectivity index (χ4v) is 1.90. The van der Waals surface area contributed by atoms with Gasteiger partial charge in [0.15, 0.2) is 0 Å². The van der Waals surface area contributed by atoms with Crippen molar-refractivity contribution in [1.82, 2.24) is 4.98 Å². The molecular weight excluding hydrogens is 306 g/mol. The van der Waals surface area contributed by atoms with E-state index in [1.165, 1.54) is 26.3 Å². The number of amides is 2. The summed E-state index contributed by atoms with van der Waals surface area (Å²) in [5.74, 6) is -0.0869. The van der Waals surface area contributed by atoms with Crippen LogP contribution in [0, 0.1) is 0 Å². The van der Waals surface area contributed by atoms with Crippen LogP contribution in [0.15, 0.2) is 36.5 Å².